The minimum atomic E-state index is 0.458. The molecule has 0 rings (SSSR count). The first-order valence-corrected chi connectivity index (χ1v) is 6.98. The van der Waals surface area contributed by atoms with Crippen LogP contribution < -0.4 is 0 Å². The maximum Gasteiger partial charge on any atom is 0.0474 e. The molecule has 0 aromatic rings. The Morgan fingerprint density at radius 1 is 1.29 bits per heavy atom. The van der Waals surface area contributed by atoms with Crippen molar-refractivity contribution in [3.05, 3.63) is 24.3 Å². The average Bonchev–Trinajstić information content (AvgIpc) is 2.26. The highest BCUT2D eigenvalue weighted by atomic mass is 14.8. The summed E-state index contributed by atoms with van der Waals surface area (Å²) in [5.41, 5.74) is 2.63. The van der Waals surface area contributed by atoms with E-state index in [2.05, 4.69) is 40.3 Å². The molecular weight excluding hydrogens is 206 g/mol. The van der Waals surface area contributed by atoms with E-state index in [1.54, 1.807) is 0 Å². The van der Waals surface area contributed by atoms with Crippen molar-refractivity contribution in [1.82, 2.24) is 0 Å². The van der Waals surface area contributed by atoms with Crippen LogP contribution in [0.15, 0.2) is 29.3 Å². The van der Waals surface area contributed by atoms with Crippen LogP contribution in [0.4, 0.5) is 0 Å². The van der Waals surface area contributed by atoms with Crippen molar-refractivity contribution in [1.29, 1.82) is 0 Å². The summed E-state index contributed by atoms with van der Waals surface area (Å²) >= 11 is 0. The lowest BCUT2D eigenvalue weighted by Gasteiger charge is -2.08. The molecule has 0 heterocycles. The van der Waals surface area contributed by atoms with Gasteiger partial charge in [-0.2, -0.15) is 0 Å². The molecule has 0 fully saturated rings. The molecule has 0 saturated heterocycles. The third-order valence-electron chi connectivity index (χ3n) is 2.76. The lowest BCUT2D eigenvalue weighted by Crippen LogP contribution is -2.04. The predicted octanol–water partition coefficient (Wildman–Crippen LogP) is 5.33. The van der Waals surface area contributed by atoms with Gasteiger partial charge in [0.2, 0.25) is 0 Å². The van der Waals surface area contributed by atoms with Crippen LogP contribution in [0, 0.1) is 0 Å². The topological polar surface area (TPSA) is 12.4 Å². The summed E-state index contributed by atoms with van der Waals surface area (Å²) in [5, 5.41) is 0. The third-order valence-corrected chi connectivity index (χ3v) is 2.76. The molecule has 0 aromatic carbocycles. The van der Waals surface area contributed by atoms with Crippen molar-refractivity contribution < 1.29 is 0 Å². The van der Waals surface area contributed by atoms with Gasteiger partial charge in [0, 0.05) is 11.8 Å². The highest BCUT2D eigenvalue weighted by Gasteiger charge is 2.01. The van der Waals surface area contributed by atoms with Crippen LogP contribution in [0.3, 0.4) is 0 Å². The fraction of sp³-hybridized carbons (Fsp3) is 0.688. The Labute approximate surface area is 108 Å². The number of hydrogen-bond donors (Lipinski definition) is 0. The maximum absolute atomic E-state index is 4.83. The van der Waals surface area contributed by atoms with Crippen molar-refractivity contribution in [3.63, 3.8) is 0 Å². The zero-order valence-electron chi connectivity index (χ0n) is 12.1. The lowest BCUT2D eigenvalue weighted by atomic mass is 10.1. The van der Waals surface area contributed by atoms with E-state index < -0.39 is 0 Å². The van der Waals surface area contributed by atoms with E-state index in [-0.39, 0.29) is 0 Å². The molecule has 0 radical (unpaired) electrons. The number of hydrogen-bond acceptors (Lipinski definition) is 1. The quantitative estimate of drug-likeness (QED) is 0.378. The SMILES string of the molecule is C=CC/C(C)=C\C(CCCC)=NC(C)CCC. The lowest BCUT2D eigenvalue weighted by molar-refractivity contribution is 0.652. The van der Waals surface area contributed by atoms with Gasteiger partial charge in [0.05, 0.1) is 0 Å². The van der Waals surface area contributed by atoms with Crippen LogP contribution in [0.5, 0.6) is 0 Å². The largest absolute Gasteiger partial charge is 0.287 e. The van der Waals surface area contributed by atoms with E-state index in [9.17, 15) is 0 Å². The van der Waals surface area contributed by atoms with E-state index in [4.69, 9.17) is 4.99 Å². The zero-order valence-corrected chi connectivity index (χ0v) is 12.1. The fourth-order valence-electron chi connectivity index (χ4n) is 1.87. The highest BCUT2D eigenvalue weighted by molar-refractivity contribution is 5.95. The standard InChI is InChI=1S/C16H29N/c1-6-9-12-16(13-14(4)10-7-2)17-15(5)11-8-3/h7,13,15H,2,6,8-12H2,1,3-5H3/b14-13-,17-16?. The second kappa shape index (κ2) is 10.3. The zero-order chi connectivity index (χ0) is 13.1. The number of rotatable bonds is 9. The Hall–Kier alpha value is -0.850. The summed E-state index contributed by atoms with van der Waals surface area (Å²) in [4.78, 5) is 4.83. The van der Waals surface area contributed by atoms with Crippen LogP contribution in [0.2, 0.25) is 0 Å². The molecule has 1 heteroatoms. The number of unbranched alkanes of at least 4 members (excludes halogenated alkanes) is 1. The van der Waals surface area contributed by atoms with Crippen molar-refractivity contribution in [2.45, 2.75) is 72.3 Å². The summed E-state index contributed by atoms with van der Waals surface area (Å²) in [6, 6.07) is 0.458. The van der Waals surface area contributed by atoms with Gasteiger partial charge in [0.1, 0.15) is 0 Å². The molecule has 1 nitrogen and oxygen atoms in total. The molecule has 1 atom stereocenters. The molecule has 17 heavy (non-hydrogen) atoms. The third kappa shape index (κ3) is 8.91. The number of nitrogens with zero attached hydrogens (tertiary/aromatic N) is 1. The van der Waals surface area contributed by atoms with E-state index >= 15 is 0 Å². The van der Waals surface area contributed by atoms with Gasteiger partial charge in [-0.15, -0.1) is 6.58 Å². The first-order valence-electron chi connectivity index (χ1n) is 6.98. The van der Waals surface area contributed by atoms with Gasteiger partial charge in [-0.3, -0.25) is 4.99 Å². The van der Waals surface area contributed by atoms with Gasteiger partial charge in [-0.25, -0.2) is 0 Å². The van der Waals surface area contributed by atoms with E-state index in [0.29, 0.717) is 6.04 Å². The molecule has 0 saturated carbocycles. The molecule has 0 aliphatic heterocycles. The van der Waals surface area contributed by atoms with Crippen LogP contribution in [0.25, 0.3) is 0 Å². The van der Waals surface area contributed by atoms with Gasteiger partial charge in [0.25, 0.3) is 0 Å². The molecule has 1 unspecified atom stereocenters. The Balaban J connectivity index is 4.61. The molecule has 98 valence electrons. The molecule has 0 N–H and O–H groups in total. The van der Waals surface area contributed by atoms with Crippen molar-refractivity contribution >= 4 is 5.71 Å². The van der Waals surface area contributed by atoms with Crippen molar-refractivity contribution in [3.8, 4) is 0 Å². The number of aliphatic imine (C=N–C) groups is 1. The molecule has 0 spiro atoms. The minimum absolute atomic E-state index is 0.458. The molecular formula is C16H29N. The summed E-state index contributed by atoms with van der Waals surface area (Å²) in [5.74, 6) is 0. The summed E-state index contributed by atoms with van der Waals surface area (Å²) in [6.07, 6.45) is 11.1. The Kier molecular flexibility index (Phi) is 9.80. The summed E-state index contributed by atoms with van der Waals surface area (Å²) in [6.45, 7) is 12.6. The molecule has 0 aromatic heterocycles. The summed E-state index contributed by atoms with van der Waals surface area (Å²) in [7, 11) is 0. The summed E-state index contributed by atoms with van der Waals surface area (Å²) < 4.78 is 0. The highest BCUT2D eigenvalue weighted by Crippen LogP contribution is 2.09. The van der Waals surface area contributed by atoms with Crippen LogP contribution in [-0.4, -0.2) is 11.8 Å². The van der Waals surface area contributed by atoms with E-state index in [0.717, 1.165) is 12.8 Å². The second-order valence-corrected chi connectivity index (χ2v) is 4.85. The Morgan fingerprint density at radius 3 is 2.53 bits per heavy atom. The first-order chi connectivity index (χ1) is 8.13. The van der Waals surface area contributed by atoms with Crippen LogP contribution in [0.1, 0.15) is 66.2 Å². The van der Waals surface area contributed by atoms with E-state index in [1.807, 2.05) is 6.08 Å². The second-order valence-electron chi connectivity index (χ2n) is 4.85. The Bertz CT molecular complexity index is 261. The smallest absolute Gasteiger partial charge is 0.0474 e. The van der Waals surface area contributed by atoms with Gasteiger partial charge < -0.3 is 0 Å². The van der Waals surface area contributed by atoms with E-state index in [1.165, 1.54) is 37.0 Å². The average molecular weight is 235 g/mol. The van der Waals surface area contributed by atoms with Gasteiger partial charge in [0.15, 0.2) is 0 Å². The molecule has 0 bridgehead atoms. The maximum atomic E-state index is 4.83. The van der Waals surface area contributed by atoms with Gasteiger partial charge >= 0.3 is 0 Å². The Morgan fingerprint density at radius 2 is 2.00 bits per heavy atom. The van der Waals surface area contributed by atoms with Gasteiger partial charge in [-0.05, 0) is 45.6 Å². The minimum Gasteiger partial charge on any atom is -0.287 e. The van der Waals surface area contributed by atoms with Gasteiger partial charge in [-0.1, -0.05) is 38.3 Å². The number of allylic oxidation sites excluding steroid dienone is 3. The molecule has 0 amide bonds. The van der Waals surface area contributed by atoms with Crippen LogP contribution >= 0.6 is 0 Å². The normalized spacial score (nSPS) is 14.8. The fourth-order valence-corrected chi connectivity index (χ4v) is 1.87. The monoisotopic (exact) mass is 235 g/mol. The molecule has 0 aliphatic carbocycles. The van der Waals surface area contributed by atoms with Crippen molar-refractivity contribution in [2.24, 2.45) is 4.99 Å². The molecule has 0 aliphatic rings. The van der Waals surface area contributed by atoms with Crippen LogP contribution in [-0.2, 0) is 0 Å². The first kappa shape index (κ1) is 16.1. The predicted molar refractivity (Wildman–Crippen MR) is 79.9 cm³/mol. The van der Waals surface area contributed by atoms with Crippen molar-refractivity contribution in [2.75, 3.05) is 0 Å².